The van der Waals surface area contributed by atoms with Crippen molar-refractivity contribution in [1.82, 2.24) is 15.6 Å². The Bertz CT molecular complexity index is 650. The summed E-state index contributed by atoms with van der Waals surface area (Å²) in [5.74, 6) is 0.844. The summed E-state index contributed by atoms with van der Waals surface area (Å²) in [6.45, 7) is 8.83. The van der Waals surface area contributed by atoms with Crippen LogP contribution in [0, 0.1) is 0 Å². The van der Waals surface area contributed by atoms with Gasteiger partial charge in [-0.2, -0.15) is 11.8 Å². The first-order valence-electron chi connectivity index (χ1n) is 8.11. The number of thioether (sulfide) groups is 1. The largest absolute Gasteiger partial charge is 0.357 e. The lowest BCUT2D eigenvalue weighted by atomic mass is 10.2. The van der Waals surface area contributed by atoms with Gasteiger partial charge in [0, 0.05) is 28.8 Å². The molecule has 0 aliphatic carbocycles. The van der Waals surface area contributed by atoms with Gasteiger partial charge in [-0.3, -0.25) is 0 Å². The van der Waals surface area contributed by atoms with Crippen molar-refractivity contribution in [3.05, 3.63) is 40.7 Å². The Balaban J connectivity index is 2.00. The van der Waals surface area contributed by atoms with E-state index in [4.69, 9.17) is 0 Å². The molecule has 1 aromatic carbocycles. The number of nitrogens with zero attached hydrogens (tertiary/aromatic N) is 2. The van der Waals surface area contributed by atoms with Crippen LogP contribution in [0.15, 0.2) is 40.7 Å². The van der Waals surface area contributed by atoms with Crippen LogP contribution in [0.25, 0.3) is 11.3 Å². The minimum absolute atomic E-state index is 0.178. The maximum Gasteiger partial charge on any atom is 0.191 e. The number of nitrogens with one attached hydrogen (secondary N) is 2. The summed E-state index contributed by atoms with van der Waals surface area (Å²) in [6.07, 6.45) is 2.13. The molecule has 0 spiro atoms. The molecule has 0 radical (unpaired) electrons. The molecular formula is C18H26N4S2. The molecule has 0 bridgehead atoms. The van der Waals surface area contributed by atoms with Gasteiger partial charge in [-0.15, -0.1) is 11.3 Å². The van der Waals surface area contributed by atoms with Crippen LogP contribution in [0.4, 0.5) is 0 Å². The highest BCUT2D eigenvalue weighted by molar-refractivity contribution is 7.99. The molecule has 1 aromatic heterocycles. The van der Waals surface area contributed by atoms with E-state index < -0.39 is 0 Å². The molecule has 4 nitrogen and oxygen atoms in total. The number of aliphatic imine (C=N–C) groups is 1. The van der Waals surface area contributed by atoms with E-state index in [0.29, 0.717) is 6.54 Å². The number of aromatic nitrogens is 1. The SMILES string of the molecule is CCNC(=NCc1nc(-c2ccccc2)cs1)NCC(C)(C)SC. The van der Waals surface area contributed by atoms with E-state index in [1.54, 1.807) is 11.3 Å². The van der Waals surface area contributed by atoms with Gasteiger partial charge in [0.1, 0.15) is 5.01 Å². The van der Waals surface area contributed by atoms with Crippen LogP contribution in [0.3, 0.4) is 0 Å². The second-order valence-electron chi connectivity index (χ2n) is 6.01. The van der Waals surface area contributed by atoms with Crippen molar-refractivity contribution < 1.29 is 0 Å². The highest BCUT2D eigenvalue weighted by atomic mass is 32.2. The van der Waals surface area contributed by atoms with Crippen LogP contribution < -0.4 is 10.6 Å². The Morgan fingerprint density at radius 2 is 2.00 bits per heavy atom. The summed E-state index contributed by atoms with van der Waals surface area (Å²) >= 11 is 3.50. The highest BCUT2D eigenvalue weighted by Crippen LogP contribution is 2.22. The van der Waals surface area contributed by atoms with Gasteiger partial charge in [-0.1, -0.05) is 30.3 Å². The third-order valence-corrected chi connectivity index (χ3v) is 5.66. The van der Waals surface area contributed by atoms with Crippen molar-refractivity contribution in [3.63, 3.8) is 0 Å². The minimum atomic E-state index is 0.178. The van der Waals surface area contributed by atoms with Crippen LogP contribution in [-0.4, -0.2) is 35.0 Å². The number of guanidine groups is 1. The predicted octanol–water partition coefficient (Wildman–Crippen LogP) is 4.01. The smallest absolute Gasteiger partial charge is 0.191 e. The average Bonchev–Trinajstić information content (AvgIpc) is 3.07. The lowest BCUT2D eigenvalue weighted by molar-refractivity contribution is 0.665. The van der Waals surface area contributed by atoms with Gasteiger partial charge in [-0.25, -0.2) is 9.98 Å². The van der Waals surface area contributed by atoms with E-state index in [9.17, 15) is 0 Å². The van der Waals surface area contributed by atoms with Crippen LogP contribution in [0.5, 0.6) is 0 Å². The van der Waals surface area contributed by atoms with Crippen molar-refractivity contribution in [1.29, 1.82) is 0 Å². The molecule has 0 fully saturated rings. The van der Waals surface area contributed by atoms with Crippen LogP contribution in [0.2, 0.25) is 0 Å². The molecule has 0 aliphatic heterocycles. The fraction of sp³-hybridized carbons (Fsp3) is 0.444. The summed E-state index contributed by atoms with van der Waals surface area (Å²) in [4.78, 5) is 9.35. The molecule has 2 N–H and O–H groups in total. The van der Waals surface area contributed by atoms with Gasteiger partial charge in [0.2, 0.25) is 0 Å². The van der Waals surface area contributed by atoms with Crippen LogP contribution >= 0.6 is 23.1 Å². The summed E-state index contributed by atoms with van der Waals surface area (Å²) in [5.41, 5.74) is 2.17. The molecule has 24 heavy (non-hydrogen) atoms. The summed E-state index contributed by atoms with van der Waals surface area (Å²) in [5, 5.41) is 9.83. The van der Waals surface area contributed by atoms with Gasteiger partial charge in [-0.05, 0) is 27.0 Å². The molecule has 0 amide bonds. The molecule has 1 heterocycles. The van der Waals surface area contributed by atoms with Gasteiger partial charge in [0.25, 0.3) is 0 Å². The molecule has 2 rings (SSSR count). The first kappa shape index (κ1) is 18.8. The van der Waals surface area contributed by atoms with Gasteiger partial charge in [0.05, 0.1) is 12.2 Å². The number of hydrogen-bond acceptors (Lipinski definition) is 4. The summed E-state index contributed by atoms with van der Waals surface area (Å²) in [7, 11) is 0. The molecule has 0 atom stereocenters. The standard InChI is InChI=1S/C18H26N4S2/c1-5-19-17(21-13-18(2,3)23-4)20-11-16-22-15(12-24-16)14-9-7-6-8-10-14/h6-10,12H,5,11,13H2,1-4H3,(H2,19,20,21). The highest BCUT2D eigenvalue weighted by Gasteiger charge is 2.16. The Hall–Kier alpha value is -1.53. The minimum Gasteiger partial charge on any atom is -0.357 e. The maximum atomic E-state index is 4.69. The Labute approximate surface area is 153 Å². The lowest BCUT2D eigenvalue weighted by Gasteiger charge is -2.23. The zero-order valence-corrected chi connectivity index (χ0v) is 16.4. The first-order chi connectivity index (χ1) is 11.5. The second-order valence-corrected chi connectivity index (χ2v) is 8.46. The van der Waals surface area contributed by atoms with E-state index in [1.165, 1.54) is 0 Å². The van der Waals surface area contributed by atoms with E-state index in [0.717, 1.165) is 35.3 Å². The zero-order valence-electron chi connectivity index (χ0n) is 14.8. The van der Waals surface area contributed by atoms with E-state index >= 15 is 0 Å². The average molecular weight is 363 g/mol. The fourth-order valence-corrected chi connectivity index (χ4v) is 2.93. The third kappa shape index (κ3) is 5.83. The third-order valence-electron chi connectivity index (χ3n) is 3.57. The van der Waals surface area contributed by atoms with Gasteiger partial charge >= 0.3 is 0 Å². The quantitative estimate of drug-likeness (QED) is 0.577. The normalized spacial score (nSPS) is 12.2. The second kappa shape index (κ2) is 9.08. The lowest BCUT2D eigenvalue weighted by Crippen LogP contribution is -2.43. The van der Waals surface area contributed by atoms with E-state index in [2.05, 4.69) is 65.1 Å². The monoisotopic (exact) mass is 362 g/mol. The topological polar surface area (TPSA) is 49.3 Å². The number of hydrogen-bond donors (Lipinski definition) is 2. The molecule has 130 valence electrons. The molecule has 6 heteroatoms. The molecule has 0 saturated carbocycles. The van der Waals surface area contributed by atoms with Gasteiger partial charge < -0.3 is 10.6 Å². The van der Waals surface area contributed by atoms with Crippen molar-refractivity contribution in [2.75, 3.05) is 19.3 Å². The number of thiazole rings is 1. The molecule has 2 aromatic rings. The Morgan fingerprint density at radius 3 is 2.67 bits per heavy atom. The fourth-order valence-electron chi connectivity index (χ4n) is 1.98. The van der Waals surface area contributed by atoms with E-state index in [1.807, 2.05) is 30.0 Å². The molecule has 0 saturated heterocycles. The molecule has 0 aliphatic rings. The number of rotatable bonds is 7. The number of benzene rings is 1. The molecular weight excluding hydrogens is 336 g/mol. The van der Waals surface area contributed by atoms with Crippen LogP contribution in [-0.2, 0) is 6.54 Å². The van der Waals surface area contributed by atoms with Crippen molar-refractivity contribution in [2.24, 2.45) is 4.99 Å². The van der Waals surface area contributed by atoms with Gasteiger partial charge in [0.15, 0.2) is 5.96 Å². The van der Waals surface area contributed by atoms with Crippen LogP contribution in [0.1, 0.15) is 25.8 Å². The molecule has 0 unspecified atom stereocenters. The maximum absolute atomic E-state index is 4.69. The van der Waals surface area contributed by atoms with E-state index in [-0.39, 0.29) is 4.75 Å². The summed E-state index contributed by atoms with van der Waals surface area (Å²) < 4.78 is 0.178. The van der Waals surface area contributed by atoms with Crippen molar-refractivity contribution >= 4 is 29.1 Å². The predicted molar refractivity (Wildman–Crippen MR) is 108 cm³/mol. The zero-order chi connectivity index (χ0) is 17.4. The van der Waals surface area contributed by atoms with Crippen molar-refractivity contribution in [3.8, 4) is 11.3 Å². The van der Waals surface area contributed by atoms with Crippen molar-refractivity contribution in [2.45, 2.75) is 32.1 Å². The summed E-state index contributed by atoms with van der Waals surface area (Å²) in [6, 6.07) is 10.3. The Kier molecular flexibility index (Phi) is 7.12. The Morgan fingerprint density at radius 1 is 1.25 bits per heavy atom. The first-order valence-corrected chi connectivity index (χ1v) is 10.2.